The van der Waals surface area contributed by atoms with Gasteiger partial charge in [-0.2, -0.15) is 0 Å². The Morgan fingerprint density at radius 1 is 1.09 bits per heavy atom. The van der Waals surface area contributed by atoms with Gasteiger partial charge < -0.3 is 4.90 Å². The molecule has 0 N–H and O–H groups in total. The first kappa shape index (κ1) is 18.5. The molecule has 2 fully saturated rings. The molecule has 23 heavy (non-hydrogen) atoms. The molecule has 0 aromatic heterocycles. The van der Waals surface area contributed by atoms with Gasteiger partial charge in [0, 0.05) is 18.0 Å². The SMILES string of the molecule is CC(C)C(CN1CCCCC1)C(=O)c1ccc(C2CC2)cc1.Cl. The largest absolute Gasteiger partial charge is 0.303 e. The summed E-state index contributed by atoms with van der Waals surface area (Å²) in [5, 5.41) is 0. The van der Waals surface area contributed by atoms with Crippen molar-refractivity contribution in [2.24, 2.45) is 11.8 Å². The van der Waals surface area contributed by atoms with Crippen LogP contribution in [-0.2, 0) is 0 Å². The van der Waals surface area contributed by atoms with Crippen molar-refractivity contribution in [1.29, 1.82) is 0 Å². The zero-order valence-corrected chi connectivity index (χ0v) is 15.3. The zero-order valence-electron chi connectivity index (χ0n) is 14.5. The molecule has 1 unspecified atom stereocenters. The van der Waals surface area contributed by atoms with Crippen LogP contribution in [0.5, 0.6) is 0 Å². The van der Waals surface area contributed by atoms with Crippen LogP contribution in [0.15, 0.2) is 24.3 Å². The van der Waals surface area contributed by atoms with Crippen molar-refractivity contribution in [3.63, 3.8) is 0 Å². The van der Waals surface area contributed by atoms with E-state index < -0.39 is 0 Å². The van der Waals surface area contributed by atoms with Crippen LogP contribution in [0, 0.1) is 11.8 Å². The summed E-state index contributed by atoms with van der Waals surface area (Å²) in [6.45, 7) is 7.63. The highest BCUT2D eigenvalue weighted by atomic mass is 35.5. The molecule has 1 aliphatic carbocycles. The van der Waals surface area contributed by atoms with Gasteiger partial charge in [-0.25, -0.2) is 0 Å². The lowest BCUT2D eigenvalue weighted by molar-refractivity contribution is 0.0817. The van der Waals surface area contributed by atoms with E-state index >= 15 is 0 Å². The molecule has 0 spiro atoms. The minimum Gasteiger partial charge on any atom is -0.303 e. The van der Waals surface area contributed by atoms with Gasteiger partial charge in [0.2, 0.25) is 0 Å². The van der Waals surface area contributed by atoms with Crippen LogP contribution in [0.25, 0.3) is 0 Å². The third-order valence-corrected chi connectivity index (χ3v) is 5.29. The fourth-order valence-corrected chi connectivity index (χ4v) is 3.57. The number of Topliss-reactive ketones (excluding diaryl/α,β-unsaturated/α-hetero) is 1. The number of benzene rings is 1. The third-order valence-electron chi connectivity index (χ3n) is 5.29. The molecule has 128 valence electrons. The summed E-state index contributed by atoms with van der Waals surface area (Å²) in [5.41, 5.74) is 2.31. The quantitative estimate of drug-likeness (QED) is 0.687. The van der Waals surface area contributed by atoms with E-state index in [1.807, 2.05) is 0 Å². The fourth-order valence-electron chi connectivity index (χ4n) is 3.57. The van der Waals surface area contributed by atoms with Crippen LogP contribution in [-0.4, -0.2) is 30.3 Å². The van der Waals surface area contributed by atoms with Gasteiger partial charge in [0.1, 0.15) is 0 Å². The smallest absolute Gasteiger partial charge is 0.167 e. The second-order valence-corrected chi connectivity index (χ2v) is 7.47. The van der Waals surface area contributed by atoms with Gasteiger partial charge in [0.05, 0.1) is 0 Å². The Balaban J connectivity index is 0.00000192. The monoisotopic (exact) mass is 335 g/mol. The number of carbonyl (C=O) groups is 1. The molecule has 1 saturated carbocycles. The van der Waals surface area contributed by atoms with Crippen LogP contribution in [0.1, 0.15) is 67.8 Å². The number of carbonyl (C=O) groups excluding carboxylic acids is 1. The topological polar surface area (TPSA) is 20.3 Å². The van der Waals surface area contributed by atoms with Crippen LogP contribution >= 0.6 is 12.4 Å². The van der Waals surface area contributed by atoms with Crippen molar-refractivity contribution in [2.45, 2.75) is 51.9 Å². The average molecular weight is 336 g/mol. The molecule has 3 heteroatoms. The number of halogens is 1. The molecule has 0 amide bonds. The molecule has 1 atom stereocenters. The Morgan fingerprint density at radius 3 is 2.22 bits per heavy atom. The van der Waals surface area contributed by atoms with E-state index in [-0.39, 0.29) is 18.3 Å². The summed E-state index contributed by atoms with van der Waals surface area (Å²) in [7, 11) is 0. The van der Waals surface area contributed by atoms with Crippen molar-refractivity contribution in [3.8, 4) is 0 Å². The number of rotatable bonds is 6. The van der Waals surface area contributed by atoms with Gasteiger partial charge in [-0.15, -0.1) is 12.4 Å². The molecule has 1 aromatic rings. The van der Waals surface area contributed by atoms with Gasteiger partial charge in [-0.3, -0.25) is 4.79 Å². The van der Waals surface area contributed by atoms with E-state index in [2.05, 4.69) is 43.0 Å². The lowest BCUT2D eigenvalue weighted by Gasteiger charge is -2.31. The number of likely N-dealkylation sites (tertiary alicyclic amines) is 1. The van der Waals surface area contributed by atoms with Crippen LogP contribution in [0.2, 0.25) is 0 Å². The number of nitrogens with zero attached hydrogens (tertiary/aromatic N) is 1. The van der Waals surface area contributed by atoms with Gasteiger partial charge >= 0.3 is 0 Å². The number of ketones is 1. The Labute approximate surface area is 147 Å². The van der Waals surface area contributed by atoms with E-state index in [0.717, 1.165) is 31.1 Å². The highest BCUT2D eigenvalue weighted by Crippen LogP contribution is 2.40. The summed E-state index contributed by atoms with van der Waals surface area (Å²) in [6, 6.07) is 8.45. The van der Waals surface area contributed by atoms with Gasteiger partial charge in [-0.05, 0) is 56.2 Å². The van der Waals surface area contributed by atoms with Crippen molar-refractivity contribution < 1.29 is 4.79 Å². The first-order chi connectivity index (χ1) is 10.6. The molecule has 1 aliphatic heterocycles. The molecule has 2 aliphatic rings. The van der Waals surface area contributed by atoms with E-state index in [1.165, 1.54) is 37.7 Å². The molecule has 0 bridgehead atoms. The maximum absolute atomic E-state index is 12.9. The first-order valence-electron chi connectivity index (χ1n) is 9.01. The Kier molecular flexibility index (Phi) is 6.67. The minimum absolute atomic E-state index is 0. The van der Waals surface area contributed by atoms with Gasteiger partial charge in [-0.1, -0.05) is 44.5 Å². The Morgan fingerprint density at radius 2 is 1.70 bits per heavy atom. The molecule has 1 aromatic carbocycles. The molecule has 2 nitrogen and oxygen atoms in total. The molecule has 1 heterocycles. The summed E-state index contributed by atoms with van der Waals surface area (Å²) >= 11 is 0. The van der Waals surface area contributed by atoms with Crippen molar-refractivity contribution in [2.75, 3.05) is 19.6 Å². The molecule has 1 saturated heterocycles. The van der Waals surface area contributed by atoms with Crippen LogP contribution in [0.3, 0.4) is 0 Å². The van der Waals surface area contributed by atoms with Gasteiger partial charge in [0.15, 0.2) is 5.78 Å². The number of piperidine rings is 1. The van der Waals surface area contributed by atoms with Crippen molar-refractivity contribution >= 4 is 18.2 Å². The summed E-state index contributed by atoms with van der Waals surface area (Å²) < 4.78 is 0. The second kappa shape index (κ2) is 8.30. The standard InChI is InChI=1S/C20H29NO.ClH/c1-15(2)19(14-21-12-4-3-5-13-21)20(22)18-10-8-17(9-11-18)16-6-7-16;/h8-11,15-16,19H,3-7,12-14H2,1-2H3;1H. The third kappa shape index (κ3) is 4.81. The minimum atomic E-state index is 0. The summed E-state index contributed by atoms with van der Waals surface area (Å²) in [5.74, 6) is 1.63. The van der Waals surface area contributed by atoms with E-state index in [4.69, 9.17) is 0 Å². The molecule has 0 radical (unpaired) electrons. The van der Waals surface area contributed by atoms with E-state index in [0.29, 0.717) is 11.7 Å². The average Bonchev–Trinajstić information content (AvgIpc) is 3.38. The highest BCUT2D eigenvalue weighted by Gasteiger charge is 2.27. The molecular formula is C20H30ClNO. The zero-order chi connectivity index (χ0) is 15.5. The lowest BCUT2D eigenvalue weighted by Crippen LogP contribution is -2.38. The lowest BCUT2D eigenvalue weighted by atomic mass is 9.86. The predicted octanol–water partition coefficient (Wildman–Crippen LogP) is 4.93. The van der Waals surface area contributed by atoms with Crippen LogP contribution < -0.4 is 0 Å². The first-order valence-corrected chi connectivity index (χ1v) is 9.01. The summed E-state index contributed by atoms with van der Waals surface area (Å²) in [6.07, 6.45) is 6.55. The maximum Gasteiger partial charge on any atom is 0.167 e. The molecule has 3 rings (SSSR count). The van der Waals surface area contributed by atoms with Crippen LogP contribution in [0.4, 0.5) is 0 Å². The highest BCUT2D eigenvalue weighted by molar-refractivity contribution is 5.98. The van der Waals surface area contributed by atoms with E-state index in [9.17, 15) is 4.79 Å². The Hall–Kier alpha value is -0.860. The van der Waals surface area contributed by atoms with Gasteiger partial charge in [0.25, 0.3) is 0 Å². The summed E-state index contributed by atoms with van der Waals surface area (Å²) in [4.78, 5) is 15.4. The fraction of sp³-hybridized carbons (Fsp3) is 0.650. The normalized spacial score (nSPS) is 20.1. The number of hydrogen-bond donors (Lipinski definition) is 0. The predicted molar refractivity (Wildman–Crippen MR) is 98.6 cm³/mol. The molecular weight excluding hydrogens is 306 g/mol. The maximum atomic E-state index is 12.9. The van der Waals surface area contributed by atoms with Crippen molar-refractivity contribution in [1.82, 2.24) is 4.90 Å². The number of hydrogen-bond acceptors (Lipinski definition) is 2. The second-order valence-electron chi connectivity index (χ2n) is 7.47. The van der Waals surface area contributed by atoms with Crippen molar-refractivity contribution in [3.05, 3.63) is 35.4 Å². The Bertz CT molecular complexity index is 501. The van der Waals surface area contributed by atoms with E-state index in [1.54, 1.807) is 0 Å².